The molecule has 0 spiro atoms. The van der Waals surface area contributed by atoms with Gasteiger partial charge in [-0.2, -0.15) is 0 Å². The summed E-state index contributed by atoms with van der Waals surface area (Å²) >= 11 is 0. The smallest absolute Gasteiger partial charge is 0.253 e. The van der Waals surface area contributed by atoms with E-state index < -0.39 is 11.3 Å². The number of alkyl halides is 2. The van der Waals surface area contributed by atoms with Crippen LogP contribution >= 0.6 is 0 Å². The normalized spacial score (nSPS) is 53.5. The van der Waals surface area contributed by atoms with Crippen molar-refractivity contribution in [3.8, 4) is 0 Å². The molecule has 4 aliphatic carbocycles. The van der Waals surface area contributed by atoms with Crippen LogP contribution in [0, 0.1) is 34.5 Å². The van der Waals surface area contributed by atoms with Crippen LogP contribution in [0.2, 0.25) is 0 Å². The van der Waals surface area contributed by atoms with Crippen molar-refractivity contribution in [2.75, 3.05) is 0 Å². The van der Waals surface area contributed by atoms with Crippen LogP contribution in [0.15, 0.2) is 0 Å². The molecule has 0 amide bonds. The van der Waals surface area contributed by atoms with Crippen molar-refractivity contribution in [1.82, 2.24) is 0 Å². The maximum Gasteiger partial charge on any atom is 0.253 e. The SMILES string of the molecule is CC12CCC(=O)C[C@@H]1CCC1C2CC(F)(F)C2(C)CCCC12. The summed E-state index contributed by atoms with van der Waals surface area (Å²) < 4.78 is 30.1. The van der Waals surface area contributed by atoms with E-state index in [0.29, 0.717) is 36.9 Å². The van der Waals surface area contributed by atoms with Gasteiger partial charge in [0, 0.05) is 24.7 Å². The number of carbonyl (C=O) groups excluding carboxylic acids is 1. The standard InChI is InChI=1S/C19H28F2O/c1-17-9-7-13(22)10-12(17)5-6-14-15-4-3-8-18(15,2)19(20,21)11-16(14)17/h12,14-16H,3-11H2,1-2H3/t12-,14?,15?,16?,17?,18?/m0/s1. The molecule has 4 saturated carbocycles. The minimum atomic E-state index is -2.53. The van der Waals surface area contributed by atoms with Crippen LogP contribution in [0.1, 0.15) is 71.6 Å². The summed E-state index contributed by atoms with van der Waals surface area (Å²) in [7, 11) is 0. The van der Waals surface area contributed by atoms with Crippen LogP contribution in [-0.4, -0.2) is 11.7 Å². The Labute approximate surface area is 132 Å². The monoisotopic (exact) mass is 310 g/mol. The number of carbonyl (C=O) groups is 1. The van der Waals surface area contributed by atoms with E-state index in [2.05, 4.69) is 6.92 Å². The van der Waals surface area contributed by atoms with Gasteiger partial charge in [0.25, 0.3) is 5.92 Å². The summed E-state index contributed by atoms with van der Waals surface area (Å²) in [4.78, 5) is 11.8. The maximum absolute atomic E-state index is 15.1. The number of Topliss-reactive ketones (excluding diaryl/α,β-unsaturated/α-hetero) is 1. The molecule has 124 valence electrons. The molecule has 0 bridgehead atoms. The fourth-order valence-electron chi connectivity index (χ4n) is 6.94. The van der Waals surface area contributed by atoms with E-state index in [1.54, 1.807) is 0 Å². The molecule has 4 rings (SSSR count). The Balaban J connectivity index is 1.71. The van der Waals surface area contributed by atoms with Gasteiger partial charge in [-0.1, -0.05) is 20.3 Å². The van der Waals surface area contributed by atoms with Gasteiger partial charge in [-0.25, -0.2) is 8.78 Å². The average molecular weight is 310 g/mol. The molecule has 0 aromatic carbocycles. The Morgan fingerprint density at radius 1 is 1.05 bits per heavy atom. The first kappa shape index (κ1) is 15.1. The Morgan fingerprint density at radius 2 is 1.82 bits per heavy atom. The van der Waals surface area contributed by atoms with E-state index >= 15 is 8.78 Å². The maximum atomic E-state index is 15.1. The largest absolute Gasteiger partial charge is 0.300 e. The molecule has 22 heavy (non-hydrogen) atoms. The van der Waals surface area contributed by atoms with Gasteiger partial charge in [0.05, 0.1) is 0 Å². The van der Waals surface area contributed by atoms with Crippen LogP contribution in [0.25, 0.3) is 0 Å². The predicted molar refractivity (Wildman–Crippen MR) is 81.7 cm³/mol. The summed E-state index contributed by atoms with van der Waals surface area (Å²) in [6, 6.07) is 0. The number of ketones is 1. The van der Waals surface area contributed by atoms with Gasteiger partial charge in [0.15, 0.2) is 0 Å². The highest BCUT2D eigenvalue weighted by molar-refractivity contribution is 5.79. The quantitative estimate of drug-likeness (QED) is 0.598. The highest BCUT2D eigenvalue weighted by Gasteiger charge is 2.67. The number of halogens is 2. The van der Waals surface area contributed by atoms with E-state index in [9.17, 15) is 4.79 Å². The lowest BCUT2D eigenvalue weighted by molar-refractivity contribution is -0.227. The Morgan fingerprint density at radius 3 is 2.59 bits per heavy atom. The predicted octanol–water partition coefficient (Wildman–Crippen LogP) is 5.23. The first-order valence-corrected chi connectivity index (χ1v) is 9.17. The molecule has 4 aliphatic rings. The molecule has 0 saturated heterocycles. The van der Waals surface area contributed by atoms with Gasteiger partial charge in [-0.15, -0.1) is 0 Å². The third kappa shape index (κ3) is 1.77. The number of fused-ring (bicyclic) bond motifs is 5. The molecule has 0 heterocycles. The highest BCUT2D eigenvalue weighted by atomic mass is 19.3. The number of rotatable bonds is 0. The summed E-state index contributed by atoms with van der Waals surface area (Å²) in [5, 5.41) is 0. The van der Waals surface area contributed by atoms with E-state index in [4.69, 9.17) is 0 Å². The molecule has 0 aromatic rings. The topological polar surface area (TPSA) is 17.1 Å². The van der Waals surface area contributed by atoms with Crippen molar-refractivity contribution in [2.45, 2.75) is 77.6 Å². The molecule has 1 nitrogen and oxygen atoms in total. The molecule has 3 heteroatoms. The molecule has 0 radical (unpaired) electrons. The van der Waals surface area contributed by atoms with E-state index in [1.807, 2.05) is 6.92 Å². The second kappa shape index (κ2) is 4.54. The fourth-order valence-corrected chi connectivity index (χ4v) is 6.94. The van der Waals surface area contributed by atoms with Crippen LogP contribution in [0.3, 0.4) is 0 Å². The summed E-state index contributed by atoms with van der Waals surface area (Å²) in [5.41, 5.74) is -0.786. The van der Waals surface area contributed by atoms with Gasteiger partial charge in [0.2, 0.25) is 0 Å². The molecule has 0 aromatic heterocycles. The van der Waals surface area contributed by atoms with Gasteiger partial charge in [-0.05, 0) is 61.2 Å². The highest BCUT2D eigenvalue weighted by Crippen LogP contribution is 2.69. The molecular formula is C19H28F2O. The first-order chi connectivity index (χ1) is 10.3. The average Bonchev–Trinajstić information content (AvgIpc) is 2.85. The van der Waals surface area contributed by atoms with Crippen LogP contribution in [0.4, 0.5) is 8.78 Å². The van der Waals surface area contributed by atoms with Crippen LogP contribution < -0.4 is 0 Å². The zero-order valence-electron chi connectivity index (χ0n) is 13.8. The number of hydrogen-bond donors (Lipinski definition) is 0. The lowest BCUT2D eigenvalue weighted by Gasteiger charge is -2.61. The van der Waals surface area contributed by atoms with E-state index in [-0.39, 0.29) is 23.7 Å². The summed E-state index contributed by atoms with van der Waals surface area (Å²) in [6.07, 6.45) is 7.01. The van der Waals surface area contributed by atoms with Gasteiger partial charge >= 0.3 is 0 Å². The van der Waals surface area contributed by atoms with Gasteiger partial charge < -0.3 is 0 Å². The van der Waals surface area contributed by atoms with Crippen molar-refractivity contribution in [2.24, 2.45) is 34.5 Å². The van der Waals surface area contributed by atoms with Crippen LogP contribution in [-0.2, 0) is 4.79 Å². The third-order valence-corrected chi connectivity index (χ3v) is 8.42. The first-order valence-electron chi connectivity index (χ1n) is 9.17. The fraction of sp³-hybridized carbons (Fsp3) is 0.947. The van der Waals surface area contributed by atoms with Crippen molar-refractivity contribution < 1.29 is 13.6 Å². The van der Waals surface area contributed by atoms with Crippen LogP contribution in [0.5, 0.6) is 0 Å². The Hall–Kier alpha value is -0.470. The van der Waals surface area contributed by atoms with Crippen molar-refractivity contribution in [1.29, 1.82) is 0 Å². The Bertz CT molecular complexity index is 502. The second-order valence-corrected chi connectivity index (χ2v) is 9.12. The number of hydrogen-bond acceptors (Lipinski definition) is 1. The molecule has 4 fully saturated rings. The molecule has 0 aliphatic heterocycles. The summed E-state index contributed by atoms with van der Waals surface area (Å²) in [6.45, 7) is 4.09. The zero-order chi connectivity index (χ0) is 15.8. The lowest BCUT2D eigenvalue weighted by atomic mass is 9.44. The van der Waals surface area contributed by atoms with Gasteiger partial charge in [-0.3, -0.25) is 4.79 Å². The molecular weight excluding hydrogens is 282 g/mol. The van der Waals surface area contributed by atoms with E-state index in [1.165, 1.54) is 0 Å². The Kier molecular flexibility index (Phi) is 3.11. The second-order valence-electron chi connectivity index (χ2n) is 9.12. The third-order valence-electron chi connectivity index (χ3n) is 8.42. The minimum absolute atomic E-state index is 0.0236. The van der Waals surface area contributed by atoms with Gasteiger partial charge in [0.1, 0.15) is 5.78 Å². The zero-order valence-corrected chi connectivity index (χ0v) is 13.8. The molecule has 6 atom stereocenters. The summed E-state index contributed by atoms with van der Waals surface area (Å²) in [5.74, 6) is -1.00. The minimum Gasteiger partial charge on any atom is -0.300 e. The molecule has 0 N–H and O–H groups in total. The lowest BCUT2D eigenvalue weighted by Crippen LogP contribution is -2.59. The molecule has 5 unspecified atom stereocenters. The van der Waals surface area contributed by atoms with Crippen molar-refractivity contribution >= 4 is 5.78 Å². The van der Waals surface area contributed by atoms with Crippen molar-refractivity contribution in [3.05, 3.63) is 0 Å². The van der Waals surface area contributed by atoms with E-state index in [0.717, 1.165) is 32.1 Å². The van der Waals surface area contributed by atoms with Crippen molar-refractivity contribution in [3.63, 3.8) is 0 Å².